The number of amides is 1. The lowest BCUT2D eigenvalue weighted by Gasteiger charge is -2.18. The summed E-state index contributed by atoms with van der Waals surface area (Å²) in [6.45, 7) is 4.65. The summed E-state index contributed by atoms with van der Waals surface area (Å²) >= 11 is 0. The van der Waals surface area contributed by atoms with Crippen molar-refractivity contribution in [1.82, 2.24) is 15.1 Å². The third kappa shape index (κ3) is 2.99. The minimum atomic E-state index is -0.133. The van der Waals surface area contributed by atoms with Crippen LogP contribution in [0.25, 0.3) is 6.08 Å². The Morgan fingerprint density at radius 1 is 1.42 bits per heavy atom. The van der Waals surface area contributed by atoms with Crippen molar-refractivity contribution < 1.29 is 14.3 Å². The number of benzene rings is 1. The highest BCUT2D eigenvalue weighted by Gasteiger charge is 2.18. The molecule has 2 heterocycles. The number of methoxy groups -OCH3 is 1. The Morgan fingerprint density at radius 2 is 2.21 bits per heavy atom. The summed E-state index contributed by atoms with van der Waals surface area (Å²) in [7, 11) is 3.51. The number of carbonyl (C=O) groups excluding carboxylic acids is 1. The summed E-state index contributed by atoms with van der Waals surface area (Å²) in [6, 6.07) is 5.55. The van der Waals surface area contributed by atoms with Crippen LogP contribution in [-0.2, 0) is 18.4 Å². The Morgan fingerprint density at radius 3 is 2.88 bits per heavy atom. The molecule has 0 fully saturated rings. The van der Waals surface area contributed by atoms with Gasteiger partial charge in [0.05, 0.1) is 18.4 Å². The van der Waals surface area contributed by atoms with E-state index in [9.17, 15) is 4.79 Å². The molecule has 6 nitrogen and oxygen atoms in total. The molecular weight excluding hydrogens is 306 g/mol. The van der Waals surface area contributed by atoms with E-state index in [4.69, 9.17) is 9.47 Å². The standard InChI is InChI=1S/C18H21N3O3/c1-11-16(12(2)21(3)20-11)9-19-18(22)14-7-13-8-15(23-4)5-6-17(13)24-10-14/h5-8H,9-10H2,1-4H3,(H,19,22). The zero-order valence-electron chi connectivity index (χ0n) is 14.3. The van der Waals surface area contributed by atoms with E-state index in [-0.39, 0.29) is 12.5 Å². The van der Waals surface area contributed by atoms with Gasteiger partial charge in [0, 0.05) is 30.4 Å². The third-order valence-corrected chi connectivity index (χ3v) is 4.31. The molecule has 1 N–H and O–H groups in total. The number of carbonyl (C=O) groups is 1. The summed E-state index contributed by atoms with van der Waals surface area (Å²) in [4.78, 5) is 12.4. The van der Waals surface area contributed by atoms with Gasteiger partial charge in [-0.3, -0.25) is 9.48 Å². The van der Waals surface area contributed by atoms with E-state index in [2.05, 4.69) is 10.4 Å². The Labute approximate surface area is 141 Å². The minimum absolute atomic E-state index is 0.133. The first-order valence-electron chi connectivity index (χ1n) is 7.78. The van der Waals surface area contributed by atoms with Crippen molar-refractivity contribution in [1.29, 1.82) is 0 Å². The van der Waals surface area contributed by atoms with Crippen LogP contribution in [0.15, 0.2) is 23.8 Å². The van der Waals surface area contributed by atoms with Crippen LogP contribution in [-0.4, -0.2) is 29.4 Å². The smallest absolute Gasteiger partial charge is 0.250 e. The largest absolute Gasteiger partial charge is 0.497 e. The van der Waals surface area contributed by atoms with Gasteiger partial charge in [0.25, 0.3) is 5.91 Å². The molecule has 1 aromatic carbocycles. The average Bonchev–Trinajstić information content (AvgIpc) is 2.83. The van der Waals surface area contributed by atoms with E-state index in [0.29, 0.717) is 12.1 Å². The molecule has 0 saturated heterocycles. The molecular formula is C18H21N3O3. The maximum Gasteiger partial charge on any atom is 0.250 e. The lowest BCUT2D eigenvalue weighted by Crippen LogP contribution is -2.28. The van der Waals surface area contributed by atoms with E-state index < -0.39 is 0 Å². The molecule has 0 bridgehead atoms. The van der Waals surface area contributed by atoms with Crippen molar-refractivity contribution in [2.75, 3.05) is 13.7 Å². The van der Waals surface area contributed by atoms with Gasteiger partial charge < -0.3 is 14.8 Å². The van der Waals surface area contributed by atoms with Crippen LogP contribution in [0.1, 0.15) is 22.5 Å². The maximum atomic E-state index is 12.4. The molecule has 0 radical (unpaired) electrons. The molecule has 0 unspecified atom stereocenters. The lowest BCUT2D eigenvalue weighted by molar-refractivity contribution is -0.117. The zero-order chi connectivity index (χ0) is 17.3. The highest BCUT2D eigenvalue weighted by Crippen LogP contribution is 2.29. The van der Waals surface area contributed by atoms with E-state index in [0.717, 1.165) is 34.0 Å². The second-order valence-electron chi connectivity index (χ2n) is 5.82. The number of nitrogens with zero attached hydrogens (tertiary/aromatic N) is 2. The van der Waals surface area contributed by atoms with E-state index in [1.54, 1.807) is 7.11 Å². The predicted molar refractivity (Wildman–Crippen MR) is 91.0 cm³/mol. The SMILES string of the molecule is COc1ccc2c(c1)C=C(C(=O)NCc1c(C)nn(C)c1C)CO2. The van der Waals surface area contributed by atoms with Gasteiger partial charge in [-0.1, -0.05) is 0 Å². The number of ether oxygens (including phenoxy) is 2. The monoisotopic (exact) mass is 327 g/mol. The first kappa shape index (κ1) is 16.1. The number of aromatic nitrogens is 2. The van der Waals surface area contributed by atoms with Crippen molar-refractivity contribution >= 4 is 12.0 Å². The number of nitrogens with one attached hydrogen (secondary N) is 1. The maximum absolute atomic E-state index is 12.4. The quantitative estimate of drug-likeness (QED) is 0.934. The molecule has 0 aliphatic carbocycles. The zero-order valence-corrected chi connectivity index (χ0v) is 14.3. The predicted octanol–water partition coefficient (Wildman–Crippen LogP) is 2.14. The Balaban J connectivity index is 1.74. The average molecular weight is 327 g/mol. The van der Waals surface area contributed by atoms with Crippen LogP contribution >= 0.6 is 0 Å². The van der Waals surface area contributed by atoms with Crippen LogP contribution < -0.4 is 14.8 Å². The highest BCUT2D eigenvalue weighted by molar-refractivity contribution is 5.99. The van der Waals surface area contributed by atoms with Gasteiger partial charge in [-0.25, -0.2) is 0 Å². The number of hydrogen-bond donors (Lipinski definition) is 1. The fraction of sp³-hybridized carbons (Fsp3) is 0.333. The van der Waals surface area contributed by atoms with Crippen molar-refractivity contribution in [2.45, 2.75) is 20.4 Å². The van der Waals surface area contributed by atoms with Gasteiger partial charge in [0.2, 0.25) is 0 Å². The second-order valence-corrected chi connectivity index (χ2v) is 5.82. The third-order valence-electron chi connectivity index (χ3n) is 4.31. The molecule has 1 amide bonds. The van der Waals surface area contributed by atoms with Gasteiger partial charge >= 0.3 is 0 Å². The summed E-state index contributed by atoms with van der Waals surface area (Å²) in [5, 5.41) is 7.31. The molecule has 1 aliphatic rings. The van der Waals surface area contributed by atoms with Gasteiger partial charge in [0.1, 0.15) is 18.1 Å². The minimum Gasteiger partial charge on any atom is -0.497 e. The molecule has 6 heteroatoms. The van der Waals surface area contributed by atoms with Gasteiger partial charge in [-0.15, -0.1) is 0 Å². The molecule has 0 saturated carbocycles. The molecule has 0 atom stereocenters. The molecule has 0 spiro atoms. The van der Waals surface area contributed by atoms with Crippen molar-refractivity contribution in [3.63, 3.8) is 0 Å². The van der Waals surface area contributed by atoms with Gasteiger partial charge in [0.15, 0.2) is 0 Å². The fourth-order valence-electron chi connectivity index (χ4n) is 2.77. The van der Waals surface area contributed by atoms with E-state index in [1.807, 2.05) is 49.9 Å². The highest BCUT2D eigenvalue weighted by atomic mass is 16.5. The van der Waals surface area contributed by atoms with Crippen LogP contribution in [0.3, 0.4) is 0 Å². The summed E-state index contributed by atoms with van der Waals surface area (Å²) < 4.78 is 12.7. The Kier molecular flexibility index (Phi) is 4.29. The van der Waals surface area contributed by atoms with Crippen LogP contribution in [0.4, 0.5) is 0 Å². The summed E-state index contributed by atoms with van der Waals surface area (Å²) in [5.74, 6) is 1.36. The lowest BCUT2D eigenvalue weighted by atomic mass is 10.1. The molecule has 1 aromatic heterocycles. The van der Waals surface area contributed by atoms with Crippen LogP contribution in [0.2, 0.25) is 0 Å². The molecule has 24 heavy (non-hydrogen) atoms. The van der Waals surface area contributed by atoms with E-state index in [1.165, 1.54) is 0 Å². The molecule has 126 valence electrons. The van der Waals surface area contributed by atoms with Crippen LogP contribution in [0, 0.1) is 13.8 Å². The summed E-state index contributed by atoms with van der Waals surface area (Å²) in [5.41, 5.74) is 4.47. The number of aryl methyl sites for hydroxylation is 2. The normalized spacial score (nSPS) is 12.9. The fourth-order valence-corrected chi connectivity index (χ4v) is 2.77. The summed E-state index contributed by atoms with van der Waals surface area (Å²) in [6.07, 6.45) is 1.85. The number of rotatable bonds is 4. The van der Waals surface area contributed by atoms with Crippen molar-refractivity contribution in [3.05, 3.63) is 46.3 Å². The topological polar surface area (TPSA) is 65.4 Å². The molecule has 1 aliphatic heterocycles. The van der Waals surface area contributed by atoms with Crippen LogP contribution in [0.5, 0.6) is 11.5 Å². The van der Waals surface area contributed by atoms with Crippen molar-refractivity contribution in [3.8, 4) is 11.5 Å². The van der Waals surface area contributed by atoms with Crippen molar-refractivity contribution in [2.24, 2.45) is 7.05 Å². The first-order chi connectivity index (χ1) is 11.5. The van der Waals surface area contributed by atoms with Gasteiger partial charge in [-0.2, -0.15) is 5.10 Å². The molecule has 2 aromatic rings. The van der Waals surface area contributed by atoms with Gasteiger partial charge in [-0.05, 0) is 38.1 Å². The number of fused-ring (bicyclic) bond motifs is 1. The Hall–Kier alpha value is -2.76. The number of hydrogen-bond acceptors (Lipinski definition) is 4. The first-order valence-corrected chi connectivity index (χ1v) is 7.78. The Bertz CT molecular complexity index is 821. The second kappa shape index (κ2) is 6.39. The van der Waals surface area contributed by atoms with E-state index >= 15 is 0 Å². The molecule has 3 rings (SSSR count).